The van der Waals surface area contributed by atoms with Crippen LogP contribution in [0.3, 0.4) is 0 Å². The number of aliphatic carboxylic acids is 2. The molecule has 1 aromatic carbocycles. The minimum atomic E-state index is -1.79. The van der Waals surface area contributed by atoms with Crippen LogP contribution in [0.1, 0.15) is 32.6 Å². The van der Waals surface area contributed by atoms with Crippen LogP contribution >= 0.6 is 11.3 Å². The topological polar surface area (TPSA) is 355 Å². The van der Waals surface area contributed by atoms with E-state index in [0.717, 1.165) is 11.1 Å². The van der Waals surface area contributed by atoms with Gasteiger partial charge in [0.2, 0.25) is 30.4 Å². The van der Waals surface area contributed by atoms with Gasteiger partial charge in [-0.25, -0.2) is 9.79 Å². The van der Waals surface area contributed by atoms with E-state index in [-0.39, 0.29) is 6.42 Å². The first-order chi connectivity index (χ1) is 30.7. The molecule has 1 saturated heterocycles. The molecule has 346 valence electrons. The van der Waals surface area contributed by atoms with Crippen LogP contribution in [-0.2, 0) is 43.0 Å². The smallest absolute Gasteiger partial charge is 0.371 e. The summed E-state index contributed by atoms with van der Waals surface area (Å²) in [4.78, 5) is 91.0. The van der Waals surface area contributed by atoms with Gasteiger partial charge in [0.1, 0.15) is 49.3 Å². The lowest BCUT2D eigenvalue weighted by Gasteiger charge is -2.24. The molecule has 0 aliphatic carbocycles. The number of esters is 1. The molecule has 0 spiro atoms. The fourth-order valence-electron chi connectivity index (χ4n) is 6.37. The minimum absolute atomic E-state index is 0.105. The Morgan fingerprint density at radius 1 is 0.906 bits per heavy atom. The molecule has 64 heavy (non-hydrogen) atoms. The van der Waals surface area contributed by atoms with Crippen molar-refractivity contribution in [2.45, 2.75) is 56.8 Å². The van der Waals surface area contributed by atoms with Gasteiger partial charge in [0, 0.05) is 17.4 Å². The highest BCUT2D eigenvalue weighted by molar-refractivity contribution is 7.18. The number of amides is 4. The van der Waals surface area contributed by atoms with Crippen molar-refractivity contribution >= 4 is 69.1 Å². The number of aliphatic hydroxyl groups excluding tert-OH is 1. The van der Waals surface area contributed by atoms with Gasteiger partial charge >= 0.3 is 23.5 Å². The number of morpholine rings is 1. The fraction of sp³-hybridized carbons (Fsp3) is 0.462. The summed E-state index contributed by atoms with van der Waals surface area (Å²) in [6, 6.07) is 1.18. The second-order valence-electron chi connectivity index (χ2n) is 14.1. The van der Waals surface area contributed by atoms with Crippen LogP contribution in [0.25, 0.3) is 21.4 Å². The maximum absolute atomic E-state index is 13.3. The number of thiophene rings is 1. The Hall–Kier alpha value is -6.99. The van der Waals surface area contributed by atoms with Gasteiger partial charge < -0.3 is 76.2 Å². The summed E-state index contributed by atoms with van der Waals surface area (Å²) < 4.78 is 37.3. The number of nitrogens with zero attached hydrogens (tertiary/aromatic N) is 2. The van der Waals surface area contributed by atoms with Gasteiger partial charge in [0.15, 0.2) is 41.9 Å². The molecule has 4 amide bonds. The summed E-state index contributed by atoms with van der Waals surface area (Å²) in [5.41, 5.74) is 13.7. The highest BCUT2D eigenvalue weighted by atomic mass is 32.1. The summed E-state index contributed by atoms with van der Waals surface area (Å²) in [6.07, 6.45) is -1.77. The van der Waals surface area contributed by atoms with E-state index in [0.29, 0.717) is 72.6 Å². The molecule has 24 nitrogen and oxygen atoms in total. The number of nitrogens with two attached hydrogens (primary N) is 2. The van der Waals surface area contributed by atoms with Crippen LogP contribution < -0.4 is 57.1 Å². The minimum Gasteiger partial charge on any atom is -0.486 e. The van der Waals surface area contributed by atoms with E-state index >= 15 is 0 Å². The van der Waals surface area contributed by atoms with Gasteiger partial charge in [0.05, 0.1) is 38.1 Å². The van der Waals surface area contributed by atoms with E-state index in [1.807, 2.05) is 33.5 Å². The van der Waals surface area contributed by atoms with Crippen molar-refractivity contribution in [3.05, 3.63) is 35.2 Å². The zero-order valence-electron chi connectivity index (χ0n) is 34.5. The highest BCUT2D eigenvalue weighted by Crippen LogP contribution is 2.41. The van der Waals surface area contributed by atoms with Crippen LogP contribution in [0.15, 0.2) is 39.1 Å². The third-order valence-corrected chi connectivity index (χ3v) is 10.5. The molecule has 3 aromatic rings. The summed E-state index contributed by atoms with van der Waals surface area (Å²) in [7, 11) is 0. The van der Waals surface area contributed by atoms with Gasteiger partial charge in [-0.2, -0.15) is 4.58 Å². The zero-order valence-corrected chi connectivity index (χ0v) is 35.3. The molecule has 2 aliphatic heterocycles. The average Bonchev–Trinajstić information content (AvgIpc) is 3.71. The molecular formula is C39H49N8O16S+. The summed E-state index contributed by atoms with van der Waals surface area (Å²) in [5.74, 6) is -6.82. The molecule has 1 unspecified atom stereocenters. The molecule has 2 aliphatic rings. The van der Waals surface area contributed by atoms with Gasteiger partial charge in [0.25, 0.3) is 0 Å². The summed E-state index contributed by atoms with van der Waals surface area (Å²) in [5, 5.41) is 38.1. The lowest BCUT2D eigenvalue weighted by atomic mass is 10.0. The van der Waals surface area contributed by atoms with E-state index in [1.165, 1.54) is 11.3 Å². The van der Waals surface area contributed by atoms with Crippen LogP contribution in [-0.4, -0.2) is 146 Å². The van der Waals surface area contributed by atoms with Crippen LogP contribution in [0.2, 0.25) is 0 Å². The maximum atomic E-state index is 13.3. The van der Waals surface area contributed by atoms with Crippen LogP contribution in [0.4, 0.5) is 0 Å². The highest BCUT2D eigenvalue weighted by Gasteiger charge is 2.32. The van der Waals surface area contributed by atoms with E-state index in [4.69, 9.17) is 44.7 Å². The van der Waals surface area contributed by atoms with Crippen molar-refractivity contribution in [3.63, 3.8) is 0 Å². The van der Waals surface area contributed by atoms with Crippen LogP contribution in [0.5, 0.6) is 17.2 Å². The predicted octanol–water partition coefficient (Wildman–Crippen LogP) is -2.43. The van der Waals surface area contributed by atoms with E-state index in [9.17, 15) is 43.8 Å². The third kappa shape index (κ3) is 13.3. The number of aliphatic hydroxyl groups is 1. The predicted molar refractivity (Wildman–Crippen MR) is 223 cm³/mol. The quantitative estimate of drug-likeness (QED) is 0.0176. The lowest BCUT2D eigenvalue weighted by Crippen LogP contribution is -2.56. The van der Waals surface area contributed by atoms with Crippen molar-refractivity contribution in [1.29, 1.82) is 0 Å². The number of benzene rings is 1. The fourth-order valence-corrected chi connectivity index (χ4v) is 7.34. The van der Waals surface area contributed by atoms with E-state index < -0.39 is 111 Å². The Kier molecular flexibility index (Phi) is 17.2. The molecule has 1 fully saturated rings. The standard InChI is InChI=1S/C39H48N8O16S/c1-2-22(45-39(40)41)33(37(55)42-16-29(50)43-23(14-31(51)52)36(54)44-24(17-48)38(56)57)46-28(49)5-6-32(53)62-19-61-27-15-30(47-7-9-58-10-8-47)63-34-21(18-64-35(27)34)20-3-4-25-26(13-20)60-12-11-59-25/h3-4,13,15,18,22-24,33,48H,2,5-12,14,16-17,19H2,1H3,(H9-,40,41,42,43,44,45,46,49,50,51,52,54,55,56,57)/p+1/t22?,23-,24-,33-/m0/s1. The number of aliphatic imine (C=N–C) groups is 1. The maximum Gasteiger partial charge on any atom is 0.371 e. The molecule has 2 aromatic heterocycles. The van der Waals surface area contributed by atoms with Gasteiger partial charge in [-0.05, 0) is 24.1 Å². The molecule has 0 bridgehead atoms. The number of carboxylic acids is 2. The zero-order chi connectivity index (χ0) is 46.3. The second-order valence-corrected chi connectivity index (χ2v) is 15.0. The molecule has 0 radical (unpaired) electrons. The Balaban J connectivity index is 1.20. The van der Waals surface area contributed by atoms with E-state index in [2.05, 4.69) is 20.9 Å². The number of carbonyl (C=O) groups excluding carboxylic acids is 5. The first-order valence-electron chi connectivity index (χ1n) is 19.9. The molecule has 4 atom stereocenters. The number of nitrogens with one attached hydrogen (secondary N) is 4. The number of rotatable bonds is 21. The van der Waals surface area contributed by atoms with Crippen molar-refractivity contribution < 1.29 is 77.0 Å². The number of carbonyl (C=O) groups is 7. The largest absolute Gasteiger partial charge is 0.486 e. The number of fused-ring (bicyclic) bond motifs is 2. The Morgan fingerprint density at radius 2 is 1.64 bits per heavy atom. The number of hydrogen-bond acceptors (Lipinski definition) is 16. The lowest BCUT2D eigenvalue weighted by molar-refractivity contribution is -0.151. The third-order valence-electron chi connectivity index (χ3n) is 9.56. The number of guanidine groups is 1. The molecule has 25 heteroatoms. The Morgan fingerprint density at radius 3 is 2.31 bits per heavy atom. The first-order valence-corrected chi connectivity index (χ1v) is 20.8. The Labute approximate surface area is 367 Å². The monoisotopic (exact) mass is 917 g/mol. The SMILES string of the molecule is CCC(N=C(N)N)[C@H](NC(=O)CCC(=O)OCOc1cc(=[N+]2CCOCC2)oc2c(-c3ccc4c(c3)OCCO4)csc12)C(=O)NCC(=O)N[C@@H](CC(=O)O)C(=O)N[C@@H](CO)C(=O)O. The number of hydrogen-bond donors (Lipinski definition) is 9. The molecule has 4 heterocycles. The van der Waals surface area contributed by atoms with Crippen molar-refractivity contribution in [3.8, 4) is 28.4 Å². The van der Waals surface area contributed by atoms with Gasteiger partial charge in [-0.1, -0.05) is 13.0 Å². The first kappa shape index (κ1) is 48.0. The van der Waals surface area contributed by atoms with Crippen LogP contribution in [0, 0.1) is 0 Å². The summed E-state index contributed by atoms with van der Waals surface area (Å²) in [6.45, 7) is 2.22. The number of ether oxygens (including phenoxy) is 5. The average molecular weight is 918 g/mol. The number of carboxylic acid groups (broad SMARTS) is 2. The molecular weight excluding hydrogens is 869 g/mol. The van der Waals surface area contributed by atoms with Crippen molar-refractivity contribution in [2.75, 3.05) is 59.5 Å². The second kappa shape index (κ2) is 22.9. The van der Waals surface area contributed by atoms with Crippen molar-refractivity contribution in [1.82, 2.24) is 25.8 Å². The van der Waals surface area contributed by atoms with Gasteiger partial charge in [-0.3, -0.25) is 28.8 Å². The molecule has 5 rings (SSSR count). The summed E-state index contributed by atoms with van der Waals surface area (Å²) >= 11 is 1.36. The molecule has 0 saturated carbocycles. The normalized spacial score (nSPS) is 15.1. The van der Waals surface area contributed by atoms with Gasteiger partial charge in [-0.15, -0.1) is 11.3 Å². The van der Waals surface area contributed by atoms with Crippen molar-refractivity contribution in [2.24, 2.45) is 16.5 Å². The molecule has 11 N–H and O–H groups in total. The van der Waals surface area contributed by atoms with E-state index in [1.54, 1.807) is 13.0 Å². The Bertz CT molecular complexity index is 2320.